The Hall–Kier alpha value is -2.24. The third-order valence-electron chi connectivity index (χ3n) is 3.48. The van der Waals surface area contributed by atoms with E-state index in [9.17, 15) is 13.2 Å². The molecule has 1 aromatic heterocycles. The van der Waals surface area contributed by atoms with E-state index in [1.54, 1.807) is 31.4 Å². The van der Waals surface area contributed by atoms with Gasteiger partial charge in [-0.25, -0.2) is 4.98 Å². The number of aliphatic imine (C=N–C) groups is 1. The van der Waals surface area contributed by atoms with Crippen LogP contribution < -0.4 is 20.1 Å². The molecular weight excluding hydrogens is 500 g/mol. The minimum absolute atomic E-state index is 0. The Kier molecular flexibility index (Phi) is 9.99. The Morgan fingerprint density at radius 3 is 2.38 bits per heavy atom. The first-order valence-corrected chi connectivity index (χ1v) is 8.66. The fourth-order valence-electron chi connectivity index (χ4n) is 2.29. The van der Waals surface area contributed by atoms with Crippen LogP contribution in [0.25, 0.3) is 0 Å². The second-order valence-corrected chi connectivity index (χ2v) is 6.11. The molecule has 0 fully saturated rings. The summed E-state index contributed by atoms with van der Waals surface area (Å²) in [4.78, 5) is 8.28. The third-order valence-corrected chi connectivity index (χ3v) is 3.48. The monoisotopic (exact) mass is 524 g/mol. The van der Waals surface area contributed by atoms with Gasteiger partial charge in [0.15, 0.2) is 5.96 Å². The molecule has 0 radical (unpaired) electrons. The van der Waals surface area contributed by atoms with Crippen LogP contribution in [0.1, 0.15) is 25.0 Å². The molecule has 0 spiro atoms. The van der Waals surface area contributed by atoms with Crippen LogP contribution in [0.4, 0.5) is 13.2 Å². The van der Waals surface area contributed by atoms with Crippen molar-refractivity contribution in [2.45, 2.75) is 39.4 Å². The second-order valence-electron chi connectivity index (χ2n) is 6.11. The molecule has 29 heavy (non-hydrogen) atoms. The summed E-state index contributed by atoms with van der Waals surface area (Å²) in [7, 11) is 1.57. The molecule has 1 heterocycles. The van der Waals surface area contributed by atoms with Crippen LogP contribution in [0.2, 0.25) is 0 Å². The maximum atomic E-state index is 12.5. The number of guanidine groups is 1. The van der Waals surface area contributed by atoms with E-state index in [0.29, 0.717) is 23.9 Å². The SMILES string of the molecule is CN=C(NCc1ccc(OC(C)C)nc1)NCc1ccccc1OC(F)(F)F.I. The zero-order valence-corrected chi connectivity index (χ0v) is 18.6. The molecule has 0 aliphatic rings. The molecule has 6 nitrogen and oxygen atoms in total. The zero-order chi connectivity index (χ0) is 20.6. The molecule has 2 rings (SSSR count). The van der Waals surface area contributed by atoms with Crippen LogP contribution >= 0.6 is 24.0 Å². The summed E-state index contributed by atoms with van der Waals surface area (Å²) in [5.41, 5.74) is 1.26. The number of ether oxygens (including phenoxy) is 2. The molecule has 160 valence electrons. The molecule has 0 amide bonds. The highest BCUT2D eigenvalue weighted by atomic mass is 127. The van der Waals surface area contributed by atoms with Crippen molar-refractivity contribution in [2.24, 2.45) is 4.99 Å². The highest BCUT2D eigenvalue weighted by Gasteiger charge is 2.31. The normalized spacial score (nSPS) is 11.6. The number of halogens is 4. The molecule has 10 heteroatoms. The number of hydrogen-bond acceptors (Lipinski definition) is 4. The number of pyridine rings is 1. The number of nitrogens with zero attached hydrogens (tertiary/aromatic N) is 2. The van der Waals surface area contributed by atoms with Gasteiger partial charge in [0.25, 0.3) is 0 Å². The molecule has 0 aliphatic carbocycles. The van der Waals surface area contributed by atoms with Gasteiger partial charge in [-0.3, -0.25) is 4.99 Å². The smallest absolute Gasteiger partial charge is 0.475 e. The van der Waals surface area contributed by atoms with Gasteiger partial charge in [0, 0.05) is 38.0 Å². The number of rotatable bonds is 7. The largest absolute Gasteiger partial charge is 0.573 e. The van der Waals surface area contributed by atoms with Crippen molar-refractivity contribution >= 4 is 29.9 Å². The minimum Gasteiger partial charge on any atom is -0.475 e. The Morgan fingerprint density at radius 1 is 1.10 bits per heavy atom. The molecule has 0 aliphatic heterocycles. The van der Waals surface area contributed by atoms with Gasteiger partial charge < -0.3 is 20.1 Å². The van der Waals surface area contributed by atoms with Crippen LogP contribution in [-0.2, 0) is 13.1 Å². The maximum absolute atomic E-state index is 12.5. The Morgan fingerprint density at radius 2 is 1.79 bits per heavy atom. The van der Waals surface area contributed by atoms with Crippen molar-refractivity contribution in [2.75, 3.05) is 7.05 Å². The molecule has 0 saturated carbocycles. The molecule has 0 saturated heterocycles. The topological polar surface area (TPSA) is 67.8 Å². The lowest BCUT2D eigenvalue weighted by Gasteiger charge is -2.15. The van der Waals surface area contributed by atoms with Gasteiger partial charge in [-0.15, -0.1) is 37.1 Å². The quantitative estimate of drug-likeness (QED) is 0.322. The summed E-state index contributed by atoms with van der Waals surface area (Å²) in [5.74, 6) is 0.731. The van der Waals surface area contributed by atoms with E-state index in [0.717, 1.165) is 5.56 Å². The van der Waals surface area contributed by atoms with E-state index in [1.165, 1.54) is 12.1 Å². The van der Waals surface area contributed by atoms with E-state index >= 15 is 0 Å². The van der Waals surface area contributed by atoms with Gasteiger partial charge in [0.1, 0.15) is 5.75 Å². The lowest BCUT2D eigenvalue weighted by molar-refractivity contribution is -0.274. The number of benzene rings is 1. The first-order chi connectivity index (χ1) is 13.3. The Labute approximate surface area is 184 Å². The lowest BCUT2D eigenvalue weighted by Crippen LogP contribution is -2.36. The predicted octanol–water partition coefficient (Wildman–Crippen LogP) is 4.25. The second kappa shape index (κ2) is 11.7. The van der Waals surface area contributed by atoms with Gasteiger partial charge in [-0.2, -0.15) is 0 Å². The maximum Gasteiger partial charge on any atom is 0.573 e. The van der Waals surface area contributed by atoms with E-state index in [1.807, 2.05) is 19.9 Å². The van der Waals surface area contributed by atoms with Crippen LogP contribution in [0.3, 0.4) is 0 Å². The molecule has 0 unspecified atom stereocenters. The molecule has 1 aromatic carbocycles. The van der Waals surface area contributed by atoms with Gasteiger partial charge in [-0.1, -0.05) is 24.3 Å². The lowest BCUT2D eigenvalue weighted by atomic mass is 10.2. The summed E-state index contributed by atoms with van der Waals surface area (Å²) in [6.45, 7) is 4.40. The Bertz CT molecular complexity index is 784. The molecule has 2 aromatic rings. The summed E-state index contributed by atoms with van der Waals surface area (Å²) in [5, 5.41) is 6.04. The van der Waals surface area contributed by atoms with Crippen molar-refractivity contribution < 1.29 is 22.6 Å². The van der Waals surface area contributed by atoms with Crippen molar-refractivity contribution in [3.05, 3.63) is 53.7 Å². The summed E-state index contributed by atoms with van der Waals surface area (Å²) < 4.78 is 47.0. The van der Waals surface area contributed by atoms with Crippen molar-refractivity contribution in [1.82, 2.24) is 15.6 Å². The predicted molar refractivity (Wildman–Crippen MR) is 116 cm³/mol. The molecule has 2 N–H and O–H groups in total. The van der Waals surface area contributed by atoms with Crippen molar-refractivity contribution in [3.8, 4) is 11.6 Å². The van der Waals surface area contributed by atoms with Crippen LogP contribution in [0.15, 0.2) is 47.6 Å². The zero-order valence-electron chi connectivity index (χ0n) is 16.3. The van der Waals surface area contributed by atoms with Crippen molar-refractivity contribution in [3.63, 3.8) is 0 Å². The van der Waals surface area contributed by atoms with Crippen molar-refractivity contribution in [1.29, 1.82) is 0 Å². The minimum atomic E-state index is -4.74. The Balaban J connectivity index is 0.00000420. The van der Waals surface area contributed by atoms with E-state index in [4.69, 9.17) is 4.74 Å². The highest BCUT2D eigenvalue weighted by molar-refractivity contribution is 14.0. The van der Waals surface area contributed by atoms with Crippen LogP contribution in [0.5, 0.6) is 11.6 Å². The van der Waals surface area contributed by atoms with Gasteiger partial charge in [0.2, 0.25) is 5.88 Å². The number of alkyl halides is 3. The van der Waals surface area contributed by atoms with Gasteiger partial charge >= 0.3 is 6.36 Å². The molecule has 0 atom stereocenters. The standard InChI is InChI=1S/C19H23F3N4O2.HI/c1-13(2)27-17-9-8-14(10-24-17)11-25-18(23-3)26-12-15-6-4-5-7-16(15)28-19(20,21)22;/h4-10,13H,11-12H2,1-3H3,(H2,23,25,26);1H. The van der Waals surface area contributed by atoms with E-state index in [-0.39, 0.29) is 42.4 Å². The fourth-order valence-corrected chi connectivity index (χ4v) is 2.29. The van der Waals surface area contributed by atoms with E-state index < -0.39 is 6.36 Å². The number of hydrogen-bond donors (Lipinski definition) is 2. The summed E-state index contributed by atoms with van der Waals surface area (Å²) in [6.07, 6.45) is -3.01. The summed E-state index contributed by atoms with van der Waals surface area (Å²) >= 11 is 0. The van der Waals surface area contributed by atoms with Gasteiger partial charge in [0.05, 0.1) is 6.10 Å². The number of nitrogens with one attached hydrogen (secondary N) is 2. The molecule has 0 bridgehead atoms. The number of para-hydroxylation sites is 1. The van der Waals surface area contributed by atoms with E-state index in [2.05, 4.69) is 25.3 Å². The fraction of sp³-hybridized carbons (Fsp3) is 0.368. The van der Waals surface area contributed by atoms with Crippen LogP contribution in [0, 0.1) is 0 Å². The third kappa shape index (κ3) is 9.20. The number of aromatic nitrogens is 1. The highest BCUT2D eigenvalue weighted by Crippen LogP contribution is 2.26. The summed E-state index contributed by atoms with van der Waals surface area (Å²) in [6, 6.07) is 9.60. The van der Waals surface area contributed by atoms with Crippen LogP contribution in [-0.4, -0.2) is 30.5 Å². The average Bonchev–Trinajstić information content (AvgIpc) is 2.62. The first-order valence-electron chi connectivity index (χ1n) is 8.66. The van der Waals surface area contributed by atoms with Gasteiger partial charge in [-0.05, 0) is 25.5 Å². The average molecular weight is 524 g/mol. The first kappa shape index (κ1) is 24.8. The molecular formula is C19H24F3IN4O2.